The summed E-state index contributed by atoms with van der Waals surface area (Å²) in [6.45, 7) is 9.23. The van der Waals surface area contributed by atoms with Crippen molar-refractivity contribution in [3.05, 3.63) is 0 Å². The standard InChI is InChI=1S/C17H35NO2/c1-4-7-8-9-10-11-12-13-14-15-20-17(19)16-18(5-2)6-3/h4-16H2,1-3H3. The van der Waals surface area contributed by atoms with Crippen LogP contribution in [0, 0.1) is 0 Å². The molecule has 0 radical (unpaired) electrons. The summed E-state index contributed by atoms with van der Waals surface area (Å²) < 4.78 is 5.26. The van der Waals surface area contributed by atoms with Crippen LogP contribution in [0.5, 0.6) is 0 Å². The van der Waals surface area contributed by atoms with Crippen LogP contribution in [0.4, 0.5) is 0 Å². The predicted octanol–water partition coefficient (Wildman–Crippen LogP) is 4.40. The van der Waals surface area contributed by atoms with Gasteiger partial charge in [-0.15, -0.1) is 0 Å². The molecule has 0 aliphatic heterocycles. The SMILES string of the molecule is CCCCCCCCCCCOC(=O)CN(CC)CC. The average molecular weight is 285 g/mol. The first-order valence-electron chi connectivity index (χ1n) is 8.62. The summed E-state index contributed by atoms with van der Waals surface area (Å²) in [6.07, 6.45) is 11.6. The van der Waals surface area contributed by atoms with Crippen molar-refractivity contribution in [1.29, 1.82) is 0 Å². The fourth-order valence-corrected chi connectivity index (χ4v) is 2.27. The van der Waals surface area contributed by atoms with Crippen LogP contribution in [0.2, 0.25) is 0 Å². The fraction of sp³-hybridized carbons (Fsp3) is 0.941. The van der Waals surface area contributed by atoms with Crippen molar-refractivity contribution in [2.24, 2.45) is 0 Å². The van der Waals surface area contributed by atoms with Gasteiger partial charge in [0.2, 0.25) is 0 Å². The molecule has 0 atom stereocenters. The molecule has 0 fully saturated rings. The van der Waals surface area contributed by atoms with Gasteiger partial charge in [0, 0.05) is 0 Å². The largest absolute Gasteiger partial charge is 0.465 e. The highest BCUT2D eigenvalue weighted by molar-refractivity contribution is 5.71. The third-order valence-corrected chi connectivity index (χ3v) is 3.76. The van der Waals surface area contributed by atoms with Gasteiger partial charge >= 0.3 is 5.97 Å². The molecular formula is C17H35NO2. The summed E-state index contributed by atoms with van der Waals surface area (Å²) in [7, 11) is 0. The highest BCUT2D eigenvalue weighted by Crippen LogP contribution is 2.09. The zero-order chi connectivity index (χ0) is 15.1. The van der Waals surface area contributed by atoms with Crippen molar-refractivity contribution < 1.29 is 9.53 Å². The molecule has 0 spiro atoms. The quantitative estimate of drug-likeness (QED) is 0.350. The summed E-state index contributed by atoms with van der Waals surface area (Å²) in [5, 5.41) is 0. The van der Waals surface area contributed by atoms with Crippen molar-refractivity contribution >= 4 is 5.97 Å². The number of hydrogen-bond acceptors (Lipinski definition) is 3. The fourth-order valence-electron chi connectivity index (χ4n) is 2.27. The summed E-state index contributed by atoms with van der Waals surface area (Å²) >= 11 is 0. The lowest BCUT2D eigenvalue weighted by atomic mass is 10.1. The molecule has 0 heterocycles. The first kappa shape index (κ1) is 19.4. The number of nitrogens with zero attached hydrogens (tertiary/aromatic N) is 1. The Morgan fingerprint density at radius 1 is 0.800 bits per heavy atom. The van der Waals surface area contributed by atoms with Gasteiger partial charge < -0.3 is 4.74 Å². The van der Waals surface area contributed by atoms with Crippen LogP contribution < -0.4 is 0 Å². The van der Waals surface area contributed by atoms with Gasteiger partial charge in [0.05, 0.1) is 13.2 Å². The minimum atomic E-state index is -0.0757. The van der Waals surface area contributed by atoms with E-state index in [1.54, 1.807) is 0 Å². The van der Waals surface area contributed by atoms with Crippen LogP contribution in [0.25, 0.3) is 0 Å². The number of hydrogen-bond donors (Lipinski definition) is 0. The van der Waals surface area contributed by atoms with Crippen molar-refractivity contribution in [1.82, 2.24) is 4.90 Å². The van der Waals surface area contributed by atoms with E-state index in [0.717, 1.165) is 19.5 Å². The topological polar surface area (TPSA) is 29.5 Å². The van der Waals surface area contributed by atoms with E-state index in [2.05, 4.69) is 25.7 Å². The summed E-state index contributed by atoms with van der Waals surface area (Å²) in [5.41, 5.74) is 0. The molecule has 0 aromatic carbocycles. The molecule has 0 aromatic heterocycles. The van der Waals surface area contributed by atoms with Crippen molar-refractivity contribution in [3.8, 4) is 0 Å². The number of ether oxygens (including phenoxy) is 1. The second kappa shape index (κ2) is 14.8. The van der Waals surface area contributed by atoms with Crippen LogP contribution in [0.1, 0.15) is 78.6 Å². The van der Waals surface area contributed by atoms with Crippen LogP contribution >= 0.6 is 0 Å². The molecule has 120 valence electrons. The molecule has 0 unspecified atom stereocenters. The lowest BCUT2D eigenvalue weighted by Gasteiger charge is -2.16. The molecular weight excluding hydrogens is 250 g/mol. The first-order valence-corrected chi connectivity index (χ1v) is 8.62. The van der Waals surface area contributed by atoms with Gasteiger partial charge in [-0.05, 0) is 19.5 Å². The second-order valence-electron chi connectivity index (χ2n) is 5.51. The Hall–Kier alpha value is -0.570. The van der Waals surface area contributed by atoms with Gasteiger partial charge in [0.1, 0.15) is 0 Å². The summed E-state index contributed by atoms with van der Waals surface area (Å²) in [6, 6.07) is 0. The van der Waals surface area contributed by atoms with E-state index in [1.807, 2.05) is 0 Å². The van der Waals surface area contributed by atoms with E-state index in [9.17, 15) is 4.79 Å². The molecule has 0 rings (SSSR count). The van der Waals surface area contributed by atoms with Crippen LogP contribution in [-0.4, -0.2) is 37.1 Å². The highest BCUT2D eigenvalue weighted by atomic mass is 16.5. The van der Waals surface area contributed by atoms with Gasteiger partial charge in [0.25, 0.3) is 0 Å². The van der Waals surface area contributed by atoms with Gasteiger partial charge in [-0.2, -0.15) is 0 Å². The van der Waals surface area contributed by atoms with Crippen molar-refractivity contribution in [2.75, 3.05) is 26.2 Å². The Kier molecular flexibility index (Phi) is 14.4. The van der Waals surface area contributed by atoms with E-state index < -0.39 is 0 Å². The summed E-state index contributed by atoms with van der Waals surface area (Å²) in [5.74, 6) is -0.0757. The lowest BCUT2D eigenvalue weighted by molar-refractivity contribution is -0.145. The Bertz CT molecular complexity index is 215. The third-order valence-electron chi connectivity index (χ3n) is 3.76. The van der Waals surface area contributed by atoms with Crippen LogP contribution in [0.3, 0.4) is 0 Å². The Labute approximate surface area is 126 Å². The number of carbonyl (C=O) groups is 1. The molecule has 3 heteroatoms. The molecule has 0 bridgehead atoms. The molecule has 0 N–H and O–H groups in total. The molecule has 20 heavy (non-hydrogen) atoms. The minimum absolute atomic E-state index is 0.0757. The Balaban J connectivity index is 3.25. The molecule has 0 saturated heterocycles. The van der Waals surface area contributed by atoms with Crippen molar-refractivity contribution in [3.63, 3.8) is 0 Å². The maximum Gasteiger partial charge on any atom is 0.320 e. The van der Waals surface area contributed by atoms with Gasteiger partial charge in [-0.1, -0.05) is 72.1 Å². The number of carbonyl (C=O) groups excluding carboxylic acids is 1. The maximum atomic E-state index is 11.5. The maximum absolute atomic E-state index is 11.5. The third kappa shape index (κ3) is 12.5. The normalized spacial score (nSPS) is 11.0. The van der Waals surface area contributed by atoms with Crippen molar-refractivity contribution in [2.45, 2.75) is 78.6 Å². The number of likely N-dealkylation sites (N-methyl/N-ethyl adjacent to an activating group) is 1. The molecule has 0 aromatic rings. The molecule has 3 nitrogen and oxygen atoms in total. The predicted molar refractivity (Wildman–Crippen MR) is 86.0 cm³/mol. The Morgan fingerprint density at radius 2 is 1.30 bits per heavy atom. The first-order chi connectivity index (χ1) is 9.74. The van der Waals surface area contributed by atoms with E-state index in [4.69, 9.17) is 4.74 Å². The van der Waals surface area contributed by atoms with E-state index in [1.165, 1.54) is 51.4 Å². The zero-order valence-corrected chi connectivity index (χ0v) is 14.0. The number of unbranched alkanes of at least 4 members (excludes halogenated alkanes) is 8. The molecule has 0 aliphatic carbocycles. The monoisotopic (exact) mass is 285 g/mol. The lowest BCUT2D eigenvalue weighted by Crippen LogP contribution is -2.30. The Morgan fingerprint density at radius 3 is 1.80 bits per heavy atom. The molecule has 0 amide bonds. The van der Waals surface area contributed by atoms with Crippen LogP contribution in [0.15, 0.2) is 0 Å². The zero-order valence-electron chi connectivity index (χ0n) is 14.0. The van der Waals surface area contributed by atoms with Gasteiger partial charge in [0.15, 0.2) is 0 Å². The summed E-state index contributed by atoms with van der Waals surface area (Å²) in [4.78, 5) is 13.6. The smallest absolute Gasteiger partial charge is 0.320 e. The minimum Gasteiger partial charge on any atom is -0.465 e. The van der Waals surface area contributed by atoms with E-state index in [-0.39, 0.29) is 5.97 Å². The van der Waals surface area contributed by atoms with Gasteiger partial charge in [-0.25, -0.2) is 0 Å². The second-order valence-corrected chi connectivity index (χ2v) is 5.51. The molecule has 0 saturated carbocycles. The van der Waals surface area contributed by atoms with E-state index >= 15 is 0 Å². The number of esters is 1. The van der Waals surface area contributed by atoms with E-state index in [0.29, 0.717) is 13.2 Å². The molecule has 0 aliphatic rings. The van der Waals surface area contributed by atoms with Crippen LogP contribution in [-0.2, 0) is 9.53 Å². The van der Waals surface area contributed by atoms with Gasteiger partial charge in [-0.3, -0.25) is 9.69 Å². The average Bonchev–Trinajstić information content (AvgIpc) is 2.46. The number of rotatable bonds is 14. The highest BCUT2D eigenvalue weighted by Gasteiger charge is 2.07.